The third-order valence-corrected chi connectivity index (χ3v) is 6.26. The highest BCUT2D eigenvalue weighted by Crippen LogP contribution is 2.25. The van der Waals surface area contributed by atoms with Gasteiger partial charge < -0.3 is 14.5 Å². The summed E-state index contributed by atoms with van der Waals surface area (Å²) >= 11 is 3.48. The first-order valence-corrected chi connectivity index (χ1v) is 10.3. The van der Waals surface area contributed by atoms with Crippen molar-refractivity contribution in [3.63, 3.8) is 0 Å². The van der Waals surface area contributed by atoms with Crippen LogP contribution in [-0.2, 0) is 6.54 Å². The summed E-state index contributed by atoms with van der Waals surface area (Å²) in [5, 5.41) is 7.64. The second-order valence-corrected chi connectivity index (χ2v) is 7.91. The number of quaternary nitrogens is 1. The van der Waals surface area contributed by atoms with Crippen molar-refractivity contribution in [3.05, 3.63) is 52.2 Å². The average molecular weight is 373 g/mol. The van der Waals surface area contributed by atoms with Crippen molar-refractivity contribution < 1.29 is 9.64 Å². The lowest BCUT2D eigenvalue weighted by Crippen LogP contribution is -3.13. The zero-order chi connectivity index (χ0) is 17.1. The van der Waals surface area contributed by atoms with Crippen LogP contribution in [0.3, 0.4) is 0 Å². The fraction of sp³-hybridized carbons (Fsp3) is 0.316. The van der Waals surface area contributed by atoms with Crippen LogP contribution < -0.4 is 14.5 Å². The first kappa shape index (κ1) is 16.6. The second kappa shape index (κ2) is 7.56. The maximum Gasteiger partial charge on any atom is 0.124 e. The minimum Gasteiger partial charge on any atom is -0.497 e. The predicted octanol–water partition coefficient (Wildman–Crippen LogP) is 2.79. The van der Waals surface area contributed by atoms with Crippen LogP contribution in [0.5, 0.6) is 5.75 Å². The number of thiazole rings is 1. The van der Waals surface area contributed by atoms with Gasteiger partial charge in [0.1, 0.15) is 23.0 Å². The smallest absolute Gasteiger partial charge is 0.124 e. The van der Waals surface area contributed by atoms with E-state index in [9.17, 15) is 0 Å². The Labute approximate surface area is 156 Å². The lowest BCUT2D eigenvalue weighted by molar-refractivity contribution is -0.914. The zero-order valence-electron chi connectivity index (χ0n) is 14.3. The summed E-state index contributed by atoms with van der Waals surface area (Å²) < 4.78 is 5.34. The highest BCUT2D eigenvalue weighted by Gasteiger charge is 2.21. The number of ether oxygens (including phenoxy) is 1. The van der Waals surface area contributed by atoms with Crippen LogP contribution >= 0.6 is 22.7 Å². The molecule has 0 aliphatic carbocycles. The van der Waals surface area contributed by atoms with Gasteiger partial charge in [0.25, 0.3) is 0 Å². The molecule has 130 valence electrons. The Hall–Kier alpha value is -1.89. The van der Waals surface area contributed by atoms with E-state index in [4.69, 9.17) is 9.72 Å². The van der Waals surface area contributed by atoms with Gasteiger partial charge in [-0.3, -0.25) is 0 Å². The van der Waals surface area contributed by atoms with E-state index >= 15 is 0 Å². The number of nitrogens with zero attached hydrogens (tertiary/aromatic N) is 2. The van der Waals surface area contributed by atoms with E-state index in [-0.39, 0.29) is 0 Å². The highest BCUT2D eigenvalue weighted by molar-refractivity contribution is 7.14. The molecule has 1 fully saturated rings. The third-order valence-electron chi connectivity index (χ3n) is 4.64. The lowest BCUT2D eigenvalue weighted by atomic mass is 10.2. The SMILES string of the molecule is COc1cccc(N2CC[NH+](Cc3csc(-c4ccsc4)n3)CC2)c1. The van der Waals surface area contributed by atoms with Crippen molar-refractivity contribution in [2.75, 3.05) is 38.2 Å². The van der Waals surface area contributed by atoms with E-state index < -0.39 is 0 Å². The summed E-state index contributed by atoms with van der Waals surface area (Å²) in [4.78, 5) is 8.88. The first-order valence-electron chi connectivity index (χ1n) is 8.51. The normalized spacial score (nSPS) is 15.5. The molecule has 2 aromatic heterocycles. The second-order valence-electron chi connectivity index (χ2n) is 6.27. The Bertz CT molecular complexity index is 808. The number of piperazine rings is 1. The summed E-state index contributed by atoms with van der Waals surface area (Å²) in [5.41, 5.74) is 3.72. The van der Waals surface area contributed by atoms with Crippen molar-refractivity contribution in [1.82, 2.24) is 4.98 Å². The molecule has 1 N–H and O–H groups in total. The van der Waals surface area contributed by atoms with E-state index in [0.717, 1.165) is 43.5 Å². The zero-order valence-corrected chi connectivity index (χ0v) is 15.9. The highest BCUT2D eigenvalue weighted by atomic mass is 32.1. The molecular weight excluding hydrogens is 350 g/mol. The Morgan fingerprint density at radius 1 is 1.20 bits per heavy atom. The van der Waals surface area contributed by atoms with Gasteiger partial charge in [0.05, 0.1) is 33.3 Å². The summed E-state index contributed by atoms with van der Waals surface area (Å²) in [7, 11) is 1.72. The molecule has 3 aromatic rings. The van der Waals surface area contributed by atoms with Crippen molar-refractivity contribution in [1.29, 1.82) is 0 Å². The molecule has 6 heteroatoms. The van der Waals surface area contributed by atoms with Crippen molar-refractivity contribution in [2.45, 2.75) is 6.54 Å². The Morgan fingerprint density at radius 3 is 2.84 bits per heavy atom. The van der Waals surface area contributed by atoms with E-state index in [1.165, 1.54) is 16.9 Å². The molecule has 0 amide bonds. The number of nitrogens with one attached hydrogen (secondary N) is 1. The molecule has 1 saturated heterocycles. The Balaban J connectivity index is 1.34. The van der Waals surface area contributed by atoms with Crippen LogP contribution in [-0.4, -0.2) is 38.3 Å². The minimum atomic E-state index is 0.927. The summed E-state index contributed by atoms with van der Waals surface area (Å²) in [5.74, 6) is 0.927. The molecule has 0 unspecified atom stereocenters. The topological polar surface area (TPSA) is 29.8 Å². The van der Waals surface area contributed by atoms with Gasteiger partial charge in [0, 0.05) is 28.1 Å². The molecule has 0 saturated carbocycles. The van der Waals surface area contributed by atoms with Gasteiger partial charge in [-0.15, -0.1) is 11.3 Å². The van der Waals surface area contributed by atoms with Crippen LogP contribution in [0.2, 0.25) is 0 Å². The van der Waals surface area contributed by atoms with Gasteiger partial charge >= 0.3 is 0 Å². The van der Waals surface area contributed by atoms with Crippen LogP contribution in [0.1, 0.15) is 5.69 Å². The largest absolute Gasteiger partial charge is 0.497 e. The fourth-order valence-electron chi connectivity index (χ4n) is 3.23. The van der Waals surface area contributed by atoms with Gasteiger partial charge in [-0.05, 0) is 23.6 Å². The fourth-order valence-corrected chi connectivity index (χ4v) is 4.76. The molecule has 1 aromatic carbocycles. The molecule has 0 atom stereocenters. The molecule has 3 heterocycles. The van der Waals surface area contributed by atoms with E-state index in [0.29, 0.717) is 0 Å². The monoisotopic (exact) mass is 372 g/mol. The molecule has 1 aliphatic rings. The summed E-state index contributed by atoms with van der Waals surface area (Å²) in [6.07, 6.45) is 0. The van der Waals surface area contributed by atoms with Gasteiger partial charge in [-0.1, -0.05) is 6.07 Å². The molecule has 25 heavy (non-hydrogen) atoms. The molecular formula is C19H22N3OS2+. The molecule has 1 aliphatic heterocycles. The van der Waals surface area contributed by atoms with E-state index in [1.54, 1.807) is 34.7 Å². The van der Waals surface area contributed by atoms with Gasteiger partial charge in [0.15, 0.2) is 0 Å². The third kappa shape index (κ3) is 3.86. The van der Waals surface area contributed by atoms with Crippen molar-refractivity contribution >= 4 is 28.4 Å². The number of thiophene rings is 1. The van der Waals surface area contributed by atoms with Gasteiger partial charge in [-0.25, -0.2) is 4.98 Å². The maximum atomic E-state index is 5.34. The van der Waals surface area contributed by atoms with E-state index in [2.05, 4.69) is 45.3 Å². The van der Waals surface area contributed by atoms with Crippen LogP contribution in [0.4, 0.5) is 5.69 Å². The molecule has 0 radical (unpaired) electrons. The molecule has 0 bridgehead atoms. The standard InChI is InChI=1S/C19H21N3OS2/c1-23-18-4-2-3-17(11-18)22-8-6-21(7-9-22)12-16-14-25-19(20-16)15-5-10-24-13-15/h2-5,10-11,13-14H,6-9,12H2,1H3/p+1. The number of benzene rings is 1. The van der Waals surface area contributed by atoms with Crippen molar-refractivity contribution in [3.8, 4) is 16.3 Å². The Morgan fingerprint density at radius 2 is 2.08 bits per heavy atom. The minimum absolute atomic E-state index is 0.927. The molecule has 4 rings (SSSR count). The summed E-state index contributed by atoms with van der Waals surface area (Å²) in [6, 6.07) is 10.5. The Kier molecular flexibility index (Phi) is 5.01. The van der Waals surface area contributed by atoms with Gasteiger partial charge in [-0.2, -0.15) is 11.3 Å². The quantitative estimate of drug-likeness (QED) is 0.747. The lowest BCUT2D eigenvalue weighted by Gasteiger charge is -2.33. The van der Waals surface area contributed by atoms with Gasteiger partial charge in [0.2, 0.25) is 0 Å². The number of methoxy groups -OCH3 is 1. The summed E-state index contributed by atoms with van der Waals surface area (Å²) in [6.45, 7) is 5.45. The van der Waals surface area contributed by atoms with E-state index in [1.807, 2.05) is 6.07 Å². The molecule has 0 spiro atoms. The van der Waals surface area contributed by atoms with Crippen LogP contribution in [0.15, 0.2) is 46.5 Å². The molecule has 4 nitrogen and oxygen atoms in total. The van der Waals surface area contributed by atoms with Crippen LogP contribution in [0, 0.1) is 0 Å². The number of rotatable bonds is 5. The number of aromatic nitrogens is 1. The number of anilines is 1. The number of hydrogen-bond acceptors (Lipinski definition) is 5. The van der Waals surface area contributed by atoms with Crippen molar-refractivity contribution in [2.24, 2.45) is 0 Å². The average Bonchev–Trinajstić information content (AvgIpc) is 3.34. The maximum absolute atomic E-state index is 5.34. The number of hydrogen-bond donors (Lipinski definition) is 1. The van der Waals surface area contributed by atoms with Crippen LogP contribution in [0.25, 0.3) is 10.6 Å². The predicted molar refractivity (Wildman–Crippen MR) is 105 cm³/mol. The first-order chi connectivity index (χ1) is 12.3.